The van der Waals surface area contributed by atoms with E-state index in [-0.39, 0.29) is 0 Å². The summed E-state index contributed by atoms with van der Waals surface area (Å²) in [5.74, 6) is 1.99. The molecule has 0 bridgehead atoms. The van der Waals surface area contributed by atoms with Crippen LogP contribution in [0.2, 0.25) is 0 Å². The molecule has 0 fully saturated rings. The fourth-order valence-corrected chi connectivity index (χ4v) is 3.39. The first kappa shape index (κ1) is 14.7. The maximum atomic E-state index is 4.51. The lowest BCUT2D eigenvalue weighted by atomic mass is 9.80. The third kappa shape index (κ3) is 4.07. The number of hydrogen-bond donors (Lipinski definition) is 1. The van der Waals surface area contributed by atoms with Gasteiger partial charge in [-0.15, -0.1) is 11.3 Å². The van der Waals surface area contributed by atoms with Gasteiger partial charge in [-0.1, -0.05) is 34.6 Å². The SMILES string of the molecule is CCCNC(c1nccs1)C(C(C)C)C(C)C. The highest BCUT2D eigenvalue weighted by molar-refractivity contribution is 7.09. The van der Waals surface area contributed by atoms with E-state index < -0.39 is 0 Å². The van der Waals surface area contributed by atoms with Gasteiger partial charge >= 0.3 is 0 Å². The first-order chi connectivity index (χ1) is 8.07. The van der Waals surface area contributed by atoms with E-state index in [2.05, 4.69) is 50.3 Å². The lowest BCUT2D eigenvalue weighted by Crippen LogP contribution is -2.34. The average Bonchev–Trinajstić information content (AvgIpc) is 2.75. The van der Waals surface area contributed by atoms with E-state index in [0.29, 0.717) is 23.8 Å². The Labute approximate surface area is 110 Å². The zero-order valence-corrected chi connectivity index (χ0v) is 12.6. The third-order valence-corrected chi connectivity index (χ3v) is 4.11. The van der Waals surface area contributed by atoms with E-state index in [1.165, 1.54) is 11.4 Å². The molecule has 1 aromatic heterocycles. The fourth-order valence-electron chi connectivity index (χ4n) is 2.62. The van der Waals surface area contributed by atoms with Gasteiger partial charge in [0, 0.05) is 11.6 Å². The van der Waals surface area contributed by atoms with Crippen molar-refractivity contribution < 1.29 is 0 Å². The second kappa shape index (κ2) is 7.12. The molecule has 1 N–H and O–H groups in total. The topological polar surface area (TPSA) is 24.9 Å². The summed E-state index contributed by atoms with van der Waals surface area (Å²) in [4.78, 5) is 4.51. The van der Waals surface area contributed by atoms with Crippen molar-refractivity contribution in [2.75, 3.05) is 6.54 Å². The Bertz CT molecular complexity index is 285. The van der Waals surface area contributed by atoms with Gasteiger partial charge in [0.15, 0.2) is 0 Å². The summed E-state index contributed by atoms with van der Waals surface area (Å²) in [5.41, 5.74) is 0. The number of thiazole rings is 1. The third-order valence-electron chi connectivity index (χ3n) is 3.26. The molecule has 0 amide bonds. The molecular formula is C14H26N2S. The van der Waals surface area contributed by atoms with Gasteiger partial charge in [-0.3, -0.25) is 0 Å². The van der Waals surface area contributed by atoms with Crippen LogP contribution in [0.1, 0.15) is 52.1 Å². The Morgan fingerprint density at radius 3 is 2.29 bits per heavy atom. The van der Waals surface area contributed by atoms with Crippen molar-refractivity contribution in [2.45, 2.75) is 47.1 Å². The van der Waals surface area contributed by atoms with Gasteiger partial charge in [-0.05, 0) is 30.7 Å². The zero-order valence-electron chi connectivity index (χ0n) is 11.7. The predicted molar refractivity (Wildman–Crippen MR) is 76.3 cm³/mol. The molecular weight excluding hydrogens is 228 g/mol. The Morgan fingerprint density at radius 2 is 1.88 bits per heavy atom. The molecule has 0 aliphatic carbocycles. The van der Waals surface area contributed by atoms with Gasteiger partial charge in [0.2, 0.25) is 0 Å². The highest BCUT2D eigenvalue weighted by atomic mass is 32.1. The van der Waals surface area contributed by atoms with E-state index in [1.807, 2.05) is 6.20 Å². The monoisotopic (exact) mass is 254 g/mol. The Hall–Kier alpha value is -0.410. The van der Waals surface area contributed by atoms with Crippen molar-refractivity contribution in [3.63, 3.8) is 0 Å². The van der Waals surface area contributed by atoms with Crippen LogP contribution in [-0.4, -0.2) is 11.5 Å². The van der Waals surface area contributed by atoms with E-state index in [1.54, 1.807) is 11.3 Å². The number of nitrogens with zero attached hydrogens (tertiary/aromatic N) is 1. The highest BCUT2D eigenvalue weighted by Crippen LogP contribution is 2.34. The number of rotatable bonds is 7. The molecule has 98 valence electrons. The van der Waals surface area contributed by atoms with Crippen molar-refractivity contribution in [3.8, 4) is 0 Å². The van der Waals surface area contributed by atoms with Crippen LogP contribution in [-0.2, 0) is 0 Å². The van der Waals surface area contributed by atoms with Crippen LogP contribution in [0.4, 0.5) is 0 Å². The molecule has 0 radical (unpaired) electrons. The van der Waals surface area contributed by atoms with E-state index >= 15 is 0 Å². The largest absolute Gasteiger partial charge is 0.308 e. The zero-order chi connectivity index (χ0) is 12.8. The molecule has 0 saturated carbocycles. The van der Waals surface area contributed by atoms with E-state index in [9.17, 15) is 0 Å². The molecule has 0 aliphatic heterocycles. The minimum atomic E-state index is 0.412. The summed E-state index contributed by atoms with van der Waals surface area (Å²) in [6.07, 6.45) is 3.09. The van der Waals surface area contributed by atoms with Crippen LogP contribution in [0.25, 0.3) is 0 Å². The smallest absolute Gasteiger partial charge is 0.110 e. The minimum Gasteiger partial charge on any atom is -0.308 e. The molecule has 1 rings (SSSR count). The van der Waals surface area contributed by atoms with Crippen LogP contribution in [0.15, 0.2) is 11.6 Å². The second-order valence-corrected chi connectivity index (χ2v) is 6.29. The van der Waals surface area contributed by atoms with Gasteiger partial charge in [-0.2, -0.15) is 0 Å². The molecule has 0 spiro atoms. The van der Waals surface area contributed by atoms with E-state index in [4.69, 9.17) is 0 Å². The molecule has 0 saturated heterocycles. The van der Waals surface area contributed by atoms with Crippen LogP contribution in [0.5, 0.6) is 0 Å². The van der Waals surface area contributed by atoms with Crippen molar-refractivity contribution in [1.82, 2.24) is 10.3 Å². The molecule has 3 heteroatoms. The van der Waals surface area contributed by atoms with Crippen LogP contribution in [0, 0.1) is 17.8 Å². The quantitative estimate of drug-likeness (QED) is 0.792. The first-order valence-corrected chi connectivity index (χ1v) is 7.58. The van der Waals surface area contributed by atoms with Crippen molar-refractivity contribution in [3.05, 3.63) is 16.6 Å². The minimum absolute atomic E-state index is 0.412. The number of hydrogen-bond acceptors (Lipinski definition) is 3. The average molecular weight is 254 g/mol. The molecule has 1 heterocycles. The number of aromatic nitrogens is 1. The summed E-state index contributed by atoms with van der Waals surface area (Å²) in [5, 5.41) is 7.00. The molecule has 2 nitrogen and oxygen atoms in total. The van der Waals surface area contributed by atoms with Crippen LogP contribution < -0.4 is 5.32 Å². The van der Waals surface area contributed by atoms with Gasteiger partial charge < -0.3 is 5.32 Å². The summed E-state index contributed by atoms with van der Waals surface area (Å²) in [6.45, 7) is 12.6. The predicted octanol–water partition coefficient (Wildman–Crippen LogP) is 4.11. The molecule has 1 atom stereocenters. The highest BCUT2D eigenvalue weighted by Gasteiger charge is 2.29. The van der Waals surface area contributed by atoms with Gasteiger partial charge in [0.25, 0.3) is 0 Å². The Kier molecular flexibility index (Phi) is 6.14. The fraction of sp³-hybridized carbons (Fsp3) is 0.786. The Balaban J connectivity index is 2.87. The van der Waals surface area contributed by atoms with Crippen LogP contribution >= 0.6 is 11.3 Å². The van der Waals surface area contributed by atoms with Crippen LogP contribution in [0.3, 0.4) is 0 Å². The van der Waals surface area contributed by atoms with Crippen molar-refractivity contribution in [1.29, 1.82) is 0 Å². The number of nitrogens with one attached hydrogen (secondary N) is 1. The van der Waals surface area contributed by atoms with Gasteiger partial charge in [0.1, 0.15) is 5.01 Å². The van der Waals surface area contributed by atoms with Gasteiger partial charge in [0.05, 0.1) is 6.04 Å². The first-order valence-electron chi connectivity index (χ1n) is 6.70. The molecule has 17 heavy (non-hydrogen) atoms. The summed E-state index contributed by atoms with van der Waals surface area (Å²) in [7, 11) is 0. The van der Waals surface area contributed by atoms with Crippen molar-refractivity contribution in [2.24, 2.45) is 17.8 Å². The van der Waals surface area contributed by atoms with Crippen molar-refractivity contribution >= 4 is 11.3 Å². The summed E-state index contributed by atoms with van der Waals surface area (Å²) in [6, 6.07) is 0.412. The second-order valence-electron chi connectivity index (χ2n) is 5.37. The molecule has 1 unspecified atom stereocenters. The lowest BCUT2D eigenvalue weighted by molar-refractivity contribution is 0.209. The lowest BCUT2D eigenvalue weighted by Gasteiger charge is -2.33. The standard InChI is InChI=1S/C14H26N2S/c1-6-7-15-13(14-16-8-9-17-14)12(10(2)3)11(4)5/h8-13,15H,6-7H2,1-5H3. The summed E-state index contributed by atoms with van der Waals surface area (Å²) < 4.78 is 0. The molecule has 0 aliphatic rings. The molecule has 1 aromatic rings. The Morgan fingerprint density at radius 1 is 1.24 bits per heavy atom. The molecule has 0 aromatic carbocycles. The summed E-state index contributed by atoms with van der Waals surface area (Å²) >= 11 is 1.77. The van der Waals surface area contributed by atoms with E-state index in [0.717, 1.165) is 6.54 Å². The normalized spacial score (nSPS) is 13.9. The maximum Gasteiger partial charge on any atom is 0.110 e. The maximum absolute atomic E-state index is 4.51. The van der Waals surface area contributed by atoms with Gasteiger partial charge in [-0.25, -0.2) is 4.98 Å².